The first-order valence-electron chi connectivity index (χ1n) is 5.31. The Labute approximate surface area is 92.6 Å². The van der Waals surface area contributed by atoms with E-state index in [1.165, 1.54) is 0 Å². The lowest BCUT2D eigenvalue weighted by Crippen LogP contribution is -2.39. The number of rotatable bonds is 6. The Bertz CT molecular complexity index is 272. The second-order valence-corrected chi connectivity index (χ2v) is 3.68. The second-order valence-electron chi connectivity index (χ2n) is 3.68. The van der Waals surface area contributed by atoms with E-state index in [1.54, 1.807) is 6.92 Å². The molecule has 0 aliphatic heterocycles. The Morgan fingerprint density at radius 1 is 1.40 bits per heavy atom. The maximum Gasteiger partial charge on any atom is 0.143 e. The van der Waals surface area contributed by atoms with Crippen molar-refractivity contribution in [3.05, 3.63) is 36.0 Å². The summed E-state index contributed by atoms with van der Waals surface area (Å²) in [7, 11) is 0. The number of aldehydes is 1. The van der Waals surface area contributed by atoms with Crippen LogP contribution in [-0.4, -0.2) is 11.8 Å². The molecule has 0 aromatic rings. The summed E-state index contributed by atoms with van der Waals surface area (Å²) >= 11 is 0. The summed E-state index contributed by atoms with van der Waals surface area (Å²) in [4.78, 5) is 10.8. The minimum absolute atomic E-state index is 0.791. The molecule has 0 aromatic carbocycles. The van der Waals surface area contributed by atoms with Crippen LogP contribution in [0.25, 0.3) is 0 Å². The monoisotopic (exact) mass is 207 g/mol. The lowest BCUT2D eigenvalue weighted by molar-refractivity contribution is -0.110. The number of carbonyl (C=O) groups excluding carboxylic acids is 1. The number of hydrogen-bond donors (Lipinski definition) is 1. The summed E-state index contributed by atoms with van der Waals surface area (Å²) in [5.74, 6) is 0. The predicted molar refractivity (Wildman–Crippen MR) is 65.6 cm³/mol. The zero-order valence-corrected chi connectivity index (χ0v) is 9.86. The van der Waals surface area contributed by atoms with Crippen LogP contribution in [0.15, 0.2) is 36.0 Å². The van der Waals surface area contributed by atoms with Gasteiger partial charge in [0.05, 0.1) is 5.54 Å². The highest BCUT2D eigenvalue weighted by Gasteiger charge is 2.20. The minimum atomic E-state index is -0.834. The normalized spacial score (nSPS) is 17.2. The number of allylic oxidation sites excluding steroid dienone is 5. The number of carbonyl (C=O) groups is 1. The molecule has 0 rings (SSSR count). The lowest BCUT2D eigenvalue weighted by Gasteiger charge is -2.19. The average molecular weight is 207 g/mol. The summed E-state index contributed by atoms with van der Waals surface area (Å²) in [6, 6.07) is 0. The molecule has 0 saturated carbocycles. The molecule has 15 heavy (non-hydrogen) atoms. The summed E-state index contributed by atoms with van der Waals surface area (Å²) in [5.41, 5.74) is 5.95. The van der Waals surface area contributed by atoms with Crippen molar-refractivity contribution in [2.45, 2.75) is 39.2 Å². The van der Waals surface area contributed by atoms with Gasteiger partial charge in [-0.15, -0.1) is 0 Å². The van der Waals surface area contributed by atoms with E-state index in [0.717, 1.165) is 24.7 Å². The van der Waals surface area contributed by atoms with Gasteiger partial charge in [0.1, 0.15) is 6.29 Å². The zero-order chi connectivity index (χ0) is 11.7. The Kier molecular flexibility index (Phi) is 6.63. The van der Waals surface area contributed by atoms with Crippen molar-refractivity contribution >= 4 is 6.29 Å². The van der Waals surface area contributed by atoms with Gasteiger partial charge in [0, 0.05) is 0 Å². The Morgan fingerprint density at radius 2 is 2.07 bits per heavy atom. The molecule has 0 bridgehead atoms. The fourth-order valence-electron chi connectivity index (χ4n) is 1.23. The number of hydrogen-bond acceptors (Lipinski definition) is 2. The van der Waals surface area contributed by atoms with Crippen molar-refractivity contribution < 1.29 is 4.79 Å². The fourth-order valence-corrected chi connectivity index (χ4v) is 1.23. The quantitative estimate of drug-likeness (QED) is 0.413. The zero-order valence-electron chi connectivity index (χ0n) is 9.86. The molecule has 2 nitrogen and oxygen atoms in total. The van der Waals surface area contributed by atoms with Crippen LogP contribution in [0.5, 0.6) is 0 Å². The Morgan fingerprint density at radius 3 is 2.53 bits per heavy atom. The van der Waals surface area contributed by atoms with Crippen LogP contribution in [0, 0.1) is 0 Å². The fraction of sp³-hybridized carbons (Fsp3) is 0.462. The highest BCUT2D eigenvalue weighted by molar-refractivity contribution is 5.69. The van der Waals surface area contributed by atoms with Crippen molar-refractivity contribution in [1.82, 2.24) is 0 Å². The van der Waals surface area contributed by atoms with Crippen LogP contribution in [0.4, 0.5) is 0 Å². The van der Waals surface area contributed by atoms with E-state index in [1.807, 2.05) is 38.2 Å². The second kappa shape index (κ2) is 7.18. The van der Waals surface area contributed by atoms with Gasteiger partial charge >= 0.3 is 0 Å². The molecule has 1 unspecified atom stereocenters. The van der Waals surface area contributed by atoms with Gasteiger partial charge in [-0.05, 0) is 32.3 Å². The molecule has 2 N–H and O–H groups in total. The smallest absolute Gasteiger partial charge is 0.143 e. The summed E-state index contributed by atoms with van der Waals surface area (Å²) in [6.45, 7) is 5.72. The van der Waals surface area contributed by atoms with E-state index in [-0.39, 0.29) is 0 Å². The van der Waals surface area contributed by atoms with Crippen LogP contribution in [-0.2, 0) is 4.79 Å². The van der Waals surface area contributed by atoms with Gasteiger partial charge in [0.25, 0.3) is 0 Å². The average Bonchev–Trinajstić information content (AvgIpc) is 2.23. The molecule has 0 aliphatic carbocycles. The minimum Gasteiger partial charge on any atom is -0.316 e. The topological polar surface area (TPSA) is 43.1 Å². The Hall–Kier alpha value is -1.15. The van der Waals surface area contributed by atoms with Crippen molar-refractivity contribution in [3.63, 3.8) is 0 Å². The maximum absolute atomic E-state index is 10.8. The van der Waals surface area contributed by atoms with E-state index in [4.69, 9.17) is 5.73 Å². The largest absolute Gasteiger partial charge is 0.316 e. The molecule has 0 aromatic heterocycles. The van der Waals surface area contributed by atoms with Crippen LogP contribution < -0.4 is 5.73 Å². The van der Waals surface area contributed by atoms with Crippen LogP contribution in [0.3, 0.4) is 0 Å². The lowest BCUT2D eigenvalue weighted by atomic mass is 9.92. The molecule has 2 heteroatoms. The van der Waals surface area contributed by atoms with E-state index in [9.17, 15) is 4.79 Å². The predicted octanol–water partition coefficient (Wildman–Crippen LogP) is 2.76. The van der Waals surface area contributed by atoms with Gasteiger partial charge in [-0.1, -0.05) is 37.3 Å². The van der Waals surface area contributed by atoms with E-state index in [0.29, 0.717) is 0 Å². The van der Waals surface area contributed by atoms with Gasteiger partial charge in [0.15, 0.2) is 0 Å². The molecular formula is C13H21NO. The SMILES string of the molecule is C/C=C/CC=C/C=C(\CC)C(C)(N)C=O. The first kappa shape index (κ1) is 13.8. The summed E-state index contributed by atoms with van der Waals surface area (Å²) in [5, 5.41) is 0. The standard InChI is InChI=1S/C13H21NO/c1-4-6-7-8-9-10-12(5-2)13(3,14)11-15/h4,6,8-11H,5,7,14H2,1-3H3/b6-4+,9-8?,12-10+. The van der Waals surface area contributed by atoms with Crippen LogP contribution in [0.2, 0.25) is 0 Å². The third kappa shape index (κ3) is 5.33. The van der Waals surface area contributed by atoms with Gasteiger partial charge in [-0.25, -0.2) is 0 Å². The van der Waals surface area contributed by atoms with E-state index in [2.05, 4.69) is 6.08 Å². The third-order valence-corrected chi connectivity index (χ3v) is 2.26. The van der Waals surface area contributed by atoms with Gasteiger partial charge in [0.2, 0.25) is 0 Å². The van der Waals surface area contributed by atoms with Crippen LogP contribution >= 0.6 is 0 Å². The molecule has 0 heterocycles. The van der Waals surface area contributed by atoms with E-state index < -0.39 is 5.54 Å². The summed E-state index contributed by atoms with van der Waals surface area (Å²) in [6.07, 6.45) is 12.5. The van der Waals surface area contributed by atoms with Gasteiger partial charge < -0.3 is 10.5 Å². The molecule has 84 valence electrons. The van der Waals surface area contributed by atoms with Crippen molar-refractivity contribution in [2.75, 3.05) is 0 Å². The van der Waals surface area contributed by atoms with Crippen molar-refractivity contribution in [1.29, 1.82) is 0 Å². The van der Waals surface area contributed by atoms with Crippen molar-refractivity contribution in [2.24, 2.45) is 5.73 Å². The number of nitrogens with two attached hydrogens (primary N) is 1. The van der Waals surface area contributed by atoms with Gasteiger partial charge in [-0.3, -0.25) is 0 Å². The molecule has 0 amide bonds. The molecule has 0 fully saturated rings. The summed E-state index contributed by atoms with van der Waals surface area (Å²) < 4.78 is 0. The van der Waals surface area contributed by atoms with Gasteiger partial charge in [-0.2, -0.15) is 0 Å². The molecule has 0 spiro atoms. The third-order valence-electron chi connectivity index (χ3n) is 2.26. The molecular weight excluding hydrogens is 186 g/mol. The first-order valence-corrected chi connectivity index (χ1v) is 5.31. The van der Waals surface area contributed by atoms with E-state index >= 15 is 0 Å². The molecule has 0 aliphatic rings. The van der Waals surface area contributed by atoms with Crippen molar-refractivity contribution in [3.8, 4) is 0 Å². The molecule has 0 saturated heterocycles. The highest BCUT2D eigenvalue weighted by atomic mass is 16.1. The Balaban J connectivity index is 4.47. The molecule has 1 atom stereocenters. The maximum atomic E-state index is 10.8. The molecule has 0 radical (unpaired) electrons. The first-order chi connectivity index (χ1) is 7.08. The highest BCUT2D eigenvalue weighted by Crippen LogP contribution is 2.14. The van der Waals surface area contributed by atoms with Crippen LogP contribution in [0.1, 0.15) is 33.6 Å².